The number of hydrogen-bond donors (Lipinski definition) is 1. The highest BCUT2D eigenvalue weighted by molar-refractivity contribution is 7.89. The van der Waals surface area contributed by atoms with Gasteiger partial charge in [-0.25, -0.2) is 8.42 Å². The van der Waals surface area contributed by atoms with Gasteiger partial charge in [-0.2, -0.15) is 4.31 Å². The van der Waals surface area contributed by atoms with Gasteiger partial charge in [-0.05, 0) is 43.9 Å². The van der Waals surface area contributed by atoms with Gasteiger partial charge < -0.3 is 9.84 Å². The number of likely N-dealkylation sites (N-methyl/N-ethyl adjacent to an activating group) is 1. The number of benzene rings is 1. The smallest absolute Gasteiger partial charge is 0.242 e. The van der Waals surface area contributed by atoms with Crippen LogP contribution in [0.2, 0.25) is 0 Å². The zero-order chi connectivity index (χ0) is 15.5. The van der Waals surface area contributed by atoms with E-state index in [-0.39, 0.29) is 11.0 Å². The monoisotopic (exact) mass is 313 g/mol. The normalized spacial score (nSPS) is 21.4. The average Bonchev–Trinajstić information content (AvgIpc) is 2.48. The van der Waals surface area contributed by atoms with Gasteiger partial charge in [0, 0.05) is 20.2 Å². The van der Waals surface area contributed by atoms with E-state index in [0.29, 0.717) is 18.7 Å². The second kappa shape index (κ2) is 6.87. The number of sulfonamides is 1. The molecule has 1 saturated heterocycles. The van der Waals surface area contributed by atoms with Crippen LogP contribution in [0.3, 0.4) is 0 Å². The molecular formula is C15H23NO4S. The summed E-state index contributed by atoms with van der Waals surface area (Å²) < 4.78 is 32.1. The Kier molecular flexibility index (Phi) is 5.37. The van der Waals surface area contributed by atoms with E-state index in [1.807, 2.05) is 0 Å². The molecule has 1 aromatic rings. The number of aliphatic hydroxyl groups is 1. The molecule has 1 aromatic carbocycles. The maximum atomic E-state index is 12.6. The van der Waals surface area contributed by atoms with Crippen molar-refractivity contribution >= 4 is 10.0 Å². The third-order valence-electron chi connectivity index (χ3n) is 3.78. The Morgan fingerprint density at radius 2 is 2.19 bits per heavy atom. The summed E-state index contributed by atoms with van der Waals surface area (Å²) in [5.41, 5.74) is 0.596. The maximum absolute atomic E-state index is 12.6. The van der Waals surface area contributed by atoms with Crippen molar-refractivity contribution in [3.63, 3.8) is 0 Å². The van der Waals surface area contributed by atoms with Crippen LogP contribution in [-0.2, 0) is 14.8 Å². The maximum Gasteiger partial charge on any atom is 0.242 e. The summed E-state index contributed by atoms with van der Waals surface area (Å²) in [5.74, 6) is 0. The summed E-state index contributed by atoms with van der Waals surface area (Å²) in [6, 6.07) is 6.45. The van der Waals surface area contributed by atoms with Crippen LogP contribution in [0.25, 0.3) is 0 Å². The van der Waals surface area contributed by atoms with Gasteiger partial charge >= 0.3 is 0 Å². The summed E-state index contributed by atoms with van der Waals surface area (Å²) in [4.78, 5) is 0.208. The Morgan fingerprint density at radius 1 is 1.43 bits per heavy atom. The van der Waals surface area contributed by atoms with E-state index in [1.165, 1.54) is 10.4 Å². The zero-order valence-electron chi connectivity index (χ0n) is 12.5. The zero-order valence-corrected chi connectivity index (χ0v) is 13.3. The number of hydrogen-bond acceptors (Lipinski definition) is 4. The molecule has 0 amide bonds. The minimum absolute atomic E-state index is 0.0292. The molecule has 2 rings (SSSR count). The predicted octanol–water partition coefficient (Wildman–Crippen LogP) is 1.93. The molecule has 0 bridgehead atoms. The van der Waals surface area contributed by atoms with Crippen molar-refractivity contribution in [1.29, 1.82) is 0 Å². The van der Waals surface area contributed by atoms with E-state index in [0.717, 1.165) is 19.3 Å². The van der Waals surface area contributed by atoms with E-state index < -0.39 is 16.1 Å². The number of ether oxygens (including phenoxy) is 1. The van der Waals surface area contributed by atoms with Gasteiger partial charge in [0.25, 0.3) is 0 Å². The molecule has 0 saturated carbocycles. The SMILES string of the molecule is CC(O)c1cccc(S(=O)(=O)N(C)CC2CCCCO2)c1. The molecule has 0 aliphatic carbocycles. The van der Waals surface area contributed by atoms with Crippen molar-refractivity contribution < 1.29 is 18.3 Å². The van der Waals surface area contributed by atoms with Crippen molar-refractivity contribution in [2.24, 2.45) is 0 Å². The molecule has 1 heterocycles. The number of nitrogens with zero attached hydrogens (tertiary/aromatic N) is 1. The number of rotatable bonds is 5. The summed E-state index contributed by atoms with van der Waals surface area (Å²) in [6.45, 7) is 2.68. The molecule has 0 spiro atoms. The first-order valence-corrected chi connectivity index (χ1v) is 8.71. The molecule has 2 atom stereocenters. The minimum Gasteiger partial charge on any atom is -0.389 e. The fourth-order valence-corrected chi connectivity index (χ4v) is 3.71. The lowest BCUT2D eigenvalue weighted by molar-refractivity contribution is 0.00858. The van der Waals surface area contributed by atoms with E-state index in [1.54, 1.807) is 32.2 Å². The molecule has 0 aromatic heterocycles. The van der Waals surface area contributed by atoms with E-state index in [4.69, 9.17) is 4.74 Å². The van der Waals surface area contributed by atoms with Crippen LogP contribution in [-0.4, -0.2) is 44.1 Å². The highest BCUT2D eigenvalue weighted by Crippen LogP contribution is 2.21. The molecule has 21 heavy (non-hydrogen) atoms. The Bertz CT molecular complexity index is 565. The first-order valence-electron chi connectivity index (χ1n) is 7.27. The van der Waals surface area contributed by atoms with Crippen molar-refractivity contribution in [3.8, 4) is 0 Å². The molecule has 5 nitrogen and oxygen atoms in total. The van der Waals surface area contributed by atoms with E-state index >= 15 is 0 Å². The largest absolute Gasteiger partial charge is 0.389 e. The number of aliphatic hydroxyl groups excluding tert-OH is 1. The van der Waals surface area contributed by atoms with Gasteiger partial charge in [0.15, 0.2) is 0 Å². The van der Waals surface area contributed by atoms with Gasteiger partial charge in [-0.15, -0.1) is 0 Å². The van der Waals surface area contributed by atoms with Crippen molar-refractivity contribution in [3.05, 3.63) is 29.8 Å². The third-order valence-corrected chi connectivity index (χ3v) is 5.60. The van der Waals surface area contributed by atoms with Crippen molar-refractivity contribution in [2.75, 3.05) is 20.2 Å². The Hall–Kier alpha value is -0.950. The molecule has 118 valence electrons. The van der Waals surface area contributed by atoms with Crippen LogP contribution in [0, 0.1) is 0 Å². The van der Waals surface area contributed by atoms with Crippen LogP contribution in [0.5, 0.6) is 0 Å². The second-order valence-electron chi connectivity index (χ2n) is 5.52. The van der Waals surface area contributed by atoms with Crippen LogP contribution in [0.15, 0.2) is 29.2 Å². The molecule has 1 aliphatic rings. The summed E-state index contributed by atoms with van der Waals surface area (Å²) in [5, 5.41) is 9.59. The quantitative estimate of drug-likeness (QED) is 0.902. The van der Waals surface area contributed by atoms with Crippen LogP contribution < -0.4 is 0 Å². The molecule has 6 heteroatoms. The van der Waals surface area contributed by atoms with Crippen molar-refractivity contribution in [1.82, 2.24) is 4.31 Å². The lowest BCUT2D eigenvalue weighted by atomic mass is 10.1. The first-order chi connectivity index (χ1) is 9.91. The van der Waals surface area contributed by atoms with Crippen molar-refractivity contribution in [2.45, 2.75) is 43.3 Å². The van der Waals surface area contributed by atoms with Gasteiger partial charge in [0.05, 0.1) is 17.1 Å². The van der Waals surface area contributed by atoms with Gasteiger partial charge in [0.1, 0.15) is 0 Å². The van der Waals surface area contributed by atoms with Gasteiger partial charge in [-0.3, -0.25) is 0 Å². The second-order valence-corrected chi connectivity index (χ2v) is 7.57. The van der Waals surface area contributed by atoms with E-state index in [9.17, 15) is 13.5 Å². The van der Waals surface area contributed by atoms with Crippen LogP contribution >= 0.6 is 0 Å². The van der Waals surface area contributed by atoms with Gasteiger partial charge in [0.2, 0.25) is 10.0 Å². The Labute approximate surface area is 126 Å². The fraction of sp³-hybridized carbons (Fsp3) is 0.600. The molecule has 2 unspecified atom stereocenters. The summed E-state index contributed by atoms with van der Waals surface area (Å²) >= 11 is 0. The molecule has 0 radical (unpaired) electrons. The predicted molar refractivity (Wildman–Crippen MR) is 80.5 cm³/mol. The van der Waals surface area contributed by atoms with Crippen LogP contribution in [0.1, 0.15) is 37.9 Å². The lowest BCUT2D eigenvalue weighted by Gasteiger charge is -2.27. The third kappa shape index (κ3) is 4.03. The van der Waals surface area contributed by atoms with Crippen LogP contribution in [0.4, 0.5) is 0 Å². The highest BCUT2D eigenvalue weighted by Gasteiger charge is 2.25. The Balaban J connectivity index is 2.14. The standard InChI is InChI=1S/C15H23NO4S/c1-12(17)13-6-5-8-15(10-13)21(18,19)16(2)11-14-7-3-4-9-20-14/h5-6,8,10,12,14,17H,3-4,7,9,11H2,1-2H3. The molecule has 1 fully saturated rings. The summed E-state index contributed by atoms with van der Waals surface area (Å²) in [7, 11) is -1.98. The molecular weight excluding hydrogens is 290 g/mol. The topological polar surface area (TPSA) is 66.8 Å². The highest BCUT2D eigenvalue weighted by atomic mass is 32.2. The fourth-order valence-electron chi connectivity index (χ4n) is 2.45. The molecule has 1 N–H and O–H groups in total. The Morgan fingerprint density at radius 3 is 2.81 bits per heavy atom. The first kappa shape index (κ1) is 16.4. The molecule has 1 aliphatic heterocycles. The summed E-state index contributed by atoms with van der Waals surface area (Å²) in [6.07, 6.45) is 2.30. The van der Waals surface area contributed by atoms with E-state index in [2.05, 4.69) is 0 Å². The lowest BCUT2D eigenvalue weighted by Crippen LogP contribution is -2.37. The minimum atomic E-state index is -3.55. The van der Waals surface area contributed by atoms with Gasteiger partial charge in [-0.1, -0.05) is 12.1 Å². The average molecular weight is 313 g/mol.